The number of benzene rings is 2. The van der Waals surface area contributed by atoms with Crippen LogP contribution in [0, 0.1) is 0 Å². The van der Waals surface area contributed by atoms with Gasteiger partial charge in [-0.25, -0.2) is 8.42 Å². The fraction of sp³-hybridized carbons (Fsp3) is 0.417. The van der Waals surface area contributed by atoms with Crippen LogP contribution in [0.5, 0.6) is 11.5 Å². The minimum Gasteiger partial charge on any atom is -0.497 e. The fourth-order valence-corrected chi connectivity index (χ4v) is 5.15. The van der Waals surface area contributed by atoms with Crippen molar-refractivity contribution in [3.8, 4) is 11.5 Å². The van der Waals surface area contributed by atoms with E-state index in [2.05, 4.69) is 0 Å². The molecule has 0 N–H and O–H groups in total. The molecule has 1 aliphatic rings. The van der Waals surface area contributed by atoms with Crippen molar-refractivity contribution < 1.29 is 32.2 Å². The SMILES string of the molecule is COC(=O)CN(Cc1cc(OC)cc(OC)c1)C(=O)CCS(=O)(=O)c1ccc2c(c1)CCC2. The van der Waals surface area contributed by atoms with E-state index >= 15 is 0 Å². The third-order valence-corrected chi connectivity index (χ3v) is 7.41. The van der Waals surface area contributed by atoms with Gasteiger partial charge in [-0.05, 0) is 60.2 Å². The predicted molar refractivity (Wildman–Crippen MR) is 122 cm³/mol. The number of aryl methyl sites for hydroxylation is 2. The largest absolute Gasteiger partial charge is 0.497 e. The first-order chi connectivity index (χ1) is 15.7. The number of esters is 1. The van der Waals surface area contributed by atoms with E-state index in [1.54, 1.807) is 30.3 Å². The minimum atomic E-state index is -3.64. The molecule has 3 rings (SSSR count). The topological polar surface area (TPSA) is 99.2 Å². The van der Waals surface area contributed by atoms with Crippen molar-refractivity contribution in [1.82, 2.24) is 4.90 Å². The molecule has 0 aromatic heterocycles. The van der Waals surface area contributed by atoms with Gasteiger partial charge in [0.25, 0.3) is 0 Å². The molecule has 178 valence electrons. The van der Waals surface area contributed by atoms with E-state index in [0.717, 1.165) is 24.8 Å². The molecule has 0 aliphatic heterocycles. The van der Waals surface area contributed by atoms with E-state index in [-0.39, 0.29) is 30.2 Å². The maximum absolute atomic E-state index is 13.0. The molecule has 0 atom stereocenters. The van der Waals surface area contributed by atoms with Crippen molar-refractivity contribution >= 4 is 21.7 Å². The van der Waals surface area contributed by atoms with Gasteiger partial charge in [0.05, 0.1) is 32.0 Å². The predicted octanol–water partition coefficient (Wildman–Crippen LogP) is 2.56. The van der Waals surface area contributed by atoms with Gasteiger partial charge in [-0.1, -0.05) is 6.07 Å². The lowest BCUT2D eigenvalue weighted by molar-refractivity contribution is -0.147. The summed E-state index contributed by atoms with van der Waals surface area (Å²) in [5, 5.41) is 0. The zero-order chi connectivity index (χ0) is 24.0. The van der Waals surface area contributed by atoms with Crippen molar-refractivity contribution in [3.05, 3.63) is 53.1 Å². The number of methoxy groups -OCH3 is 3. The van der Waals surface area contributed by atoms with Gasteiger partial charge in [0.1, 0.15) is 18.0 Å². The summed E-state index contributed by atoms with van der Waals surface area (Å²) in [6.07, 6.45) is 2.60. The summed E-state index contributed by atoms with van der Waals surface area (Å²) < 4.78 is 41.0. The van der Waals surface area contributed by atoms with Crippen molar-refractivity contribution in [3.63, 3.8) is 0 Å². The standard InChI is InChI=1S/C24H29NO7S/c1-30-20-11-17(12-21(14-20)31-2)15-25(16-24(27)32-3)23(26)9-10-33(28,29)22-8-7-18-5-4-6-19(18)13-22/h7-8,11-14H,4-6,9-10,15-16H2,1-3H3. The Morgan fingerprint density at radius 2 is 1.61 bits per heavy atom. The lowest BCUT2D eigenvalue weighted by atomic mass is 10.1. The number of carbonyl (C=O) groups is 2. The lowest BCUT2D eigenvalue weighted by Gasteiger charge is -2.22. The number of amides is 1. The average molecular weight is 476 g/mol. The number of rotatable bonds is 10. The summed E-state index contributed by atoms with van der Waals surface area (Å²) in [6.45, 7) is -0.228. The monoisotopic (exact) mass is 475 g/mol. The van der Waals surface area contributed by atoms with Gasteiger partial charge in [-0.3, -0.25) is 9.59 Å². The number of hydrogen-bond acceptors (Lipinski definition) is 7. The summed E-state index contributed by atoms with van der Waals surface area (Å²) in [4.78, 5) is 26.4. The molecule has 0 saturated heterocycles. The molecular weight excluding hydrogens is 446 g/mol. The second-order valence-corrected chi connectivity index (χ2v) is 10.0. The molecule has 1 amide bonds. The Labute approximate surface area is 194 Å². The van der Waals surface area contributed by atoms with Crippen LogP contribution in [-0.4, -0.2) is 58.8 Å². The zero-order valence-corrected chi connectivity index (χ0v) is 19.9. The molecular formula is C24H29NO7S. The fourth-order valence-electron chi connectivity index (χ4n) is 3.87. The molecule has 8 nitrogen and oxygen atoms in total. The van der Waals surface area contributed by atoms with Crippen molar-refractivity contribution in [2.45, 2.75) is 37.1 Å². The Morgan fingerprint density at radius 1 is 0.939 bits per heavy atom. The third kappa shape index (κ3) is 6.25. The maximum Gasteiger partial charge on any atom is 0.325 e. The quantitative estimate of drug-likeness (QED) is 0.487. The number of hydrogen-bond donors (Lipinski definition) is 0. The highest BCUT2D eigenvalue weighted by Crippen LogP contribution is 2.26. The average Bonchev–Trinajstić information content (AvgIpc) is 3.29. The highest BCUT2D eigenvalue weighted by atomic mass is 32.2. The van der Waals surface area contributed by atoms with Gasteiger partial charge in [0.15, 0.2) is 9.84 Å². The Kier molecular flexibility index (Phi) is 7.97. The number of carbonyl (C=O) groups excluding carboxylic acids is 2. The van der Waals surface area contributed by atoms with Crippen molar-refractivity contribution in [2.75, 3.05) is 33.6 Å². The second-order valence-electron chi connectivity index (χ2n) is 7.90. The molecule has 1 aliphatic carbocycles. The molecule has 0 bridgehead atoms. The first-order valence-electron chi connectivity index (χ1n) is 10.7. The van der Waals surface area contributed by atoms with Crippen LogP contribution < -0.4 is 9.47 Å². The lowest BCUT2D eigenvalue weighted by Crippen LogP contribution is -2.36. The molecule has 0 fully saturated rings. The van der Waals surface area contributed by atoms with Gasteiger partial charge < -0.3 is 19.1 Å². The molecule has 2 aromatic carbocycles. The van der Waals surface area contributed by atoms with Crippen LogP contribution in [0.25, 0.3) is 0 Å². The normalized spacial score (nSPS) is 12.7. The van der Waals surface area contributed by atoms with E-state index in [0.29, 0.717) is 17.1 Å². The van der Waals surface area contributed by atoms with Gasteiger partial charge >= 0.3 is 5.97 Å². The maximum atomic E-state index is 13.0. The van der Waals surface area contributed by atoms with Gasteiger partial charge in [0, 0.05) is 19.0 Å². The smallest absolute Gasteiger partial charge is 0.325 e. The molecule has 0 unspecified atom stereocenters. The molecule has 0 saturated carbocycles. The summed E-state index contributed by atoms with van der Waals surface area (Å²) in [6, 6.07) is 10.3. The first-order valence-corrected chi connectivity index (χ1v) is 12.3. The van der Waals surface area contributed by atoms with Crippen LogP contribution in [0.4, 0.5) is 0 Å². The number of fused-ring (bicyclic) bond motifs is 1. The minimum absolute atomic E-state index is 0.0698. The third-order valence-electron chi connectivity index (χ3n) is 5.70. The summed E-state index contributed by atoms with van der Waals surface area (Å²) in [7, 11) is 0.619. The summed E-state index contributed by atoms with van der Waals surface area (Å²) in [5.41, 5.74) is 2.91. The van der Waals surface area contributed by atoms with Crippen LogP contribution in [-0.2, 0) is 43.5 Å². The number of nitrogens with zero attached hydrogens (tertiary/aromatic N) is 1. The van der Waals surface area contributed by atoms with E-state index in [9.17, 15) is 18.0 Å². The van der Waals surface area contributed by atoms with Crippen molar-refractivity contribution in [2.24, 2.45) is 0 Å². The Balaban J connectivity index is 1.74. The molecule has 9 heteroatoms. The van der Waals surface area contributed by atoms with Crippen LogP contribution in [0.1, 0.15) is 29.5 Å². The molecule has 2 aromatic rings. The van der Waals surface area contributed by atoms with Crippen LogP contribution in [0.2, 0.25) is 0 Å². The molecule has 0 heterocycles. The Hall–Kier alpha value is -3.07. The second kappa shape index (κ2) is 10.7. The first kappa shape index (κ1) is 24.6. The number of ether oxygens (including phenoxy) is 3. The molecule has 33 heavy (non-hydrogen) atoms. The van der Waals surface area contributed by atoms with Crippen LogP contribution in [0.3, 0.4) is 0 Å². The molecule has 0 spiro atoms. The number of sulfone groups is 1. The van der Waals surface area contributed by atoms with E-state index in [1.807, 2.05) is 6.07 Å². The van der Waals surface area contributed by atoms with E-state index in [4.69, 9.17) is 14.2 Å². The van der Waals surface area contributed by atoms with E-state index < -0.39 is 21.7 Å². The van der Waals surface area contributed by atoms with Crippen molar-refractivity contribution in [1.29, 1.82) is 0 Å². The summed E-state index contributed by atoms with van der Waals surface area (Å²) >= 11 is 0. The van der Waals surface area contributed by atoms with Gasteiger partial charge in [0.2, 0.25) is 5.91 Å². The Bertz CT molecular complexity index is 1110. The van der Waals surface area contributed by atoms with Gasteiger partial charge in [-0.15, -0.1) is 0 Å². The molecule has 0 radical (unpaired) electrons. The van der Waals surface area contributed by atoms with Gasteiger partial charge in [-0.2, -0.15) is 0 Å². The van der Waals surface area contributed by atoms with Crippen LogP contribution in [0.15, 0.2) is 41.3 Å². The summed E-state index contributed by atoms with van der Waals surface area (Å²) in [5.74, 6) is -0.335. The highest BCUT2D eigenvalue weighted by molar-refractivity contribution is 7.91. The van der Waals surface area contributed by atoms with Crippen LogP contribution >= 0.6 is 0 Å². The Morgan fingerprint density at radius 3 is 2.24 bits per heavy atom. The van der Waals surface area contributed by atoms with E-state index in [1.165, 1.54) is 31.8 Å². The highest BCUT2D eigenvalue weighted by Gasteiger charge is 2.24. The zero-order valence-electron chi connectivity index (χ0n) is 19.1.